The number of aryl methyl sites for hydroxylation is 1. The number of Topliss-reactive ketones (excluding diaryl/α,β-unsaturated/α-hetero) is 1. The molecule has 0 aromatic heterocycles. The molecule has 29 heavy (non-hydrogen) atoms. The van der Waals surface area contributed by atoms with E-state index in [1.165, 1.54) is 7.11 Å². The first-order chi connectivity index (χ1) is 13.8. The van der Waals surface area contributed by atoms with Crippen LogP contribution in [0.4, 0.5) is 0 Å². The van der Waals surface area contributed by atoms with Gasteiger partial charge in [0.2, 0.25) is 0 Å². The molecule has 0 spiro atoms. The van der Waals surface area contributed by atoms with Crippen LogP contribution in [0.25, 0.3) is 5.76 Å². The van der Waals surface area contributed by atoms with E-state index in [1.54, 1.807) is 48.5 Å². The molecule has 1 aliphatic rings. The van der Waals surface area contributed by atoms with Crippen LogP contribution in [-0.4, -0.2) is 41.3 Å². The molecule has 1 N–H and O–H groups in total. The lowest BCUT2D eigenvalue weighted by Gasteiger charge is -2.25. The van der Waals surface area contributed by atoms with Crippen LogP contribution in [0.1, 0.15) is 29.2 Å². The zero-order valence-corrected chi connectivity index (χ0v) is 16.0. The van der Waals surface area contributed by atoms with E-state index in [4.69, 9.17) is 4.74 Å². The van der Waals surface area contributed by atoms with E-state index in [2.05, 4.69) is 0 Å². The van der Waals surface area contributed by atoms with Gasteiger partial charge in [-0.15, -0.1) is 0 Å². The predicted octanol–water partition coefficient (Wildman–Crippen LogP) is 1.57. The van der Waals surface area contributed by atoms with Gasteiger partial charge in [-0.25, -0.2) is 0 Å². The van der Waals surface area contributed by atoms with Gasteiger partial charge in [0.05, 0.1) is 18.7 Å². The second-order valence-corrected chi connectivity index (χ2v) is 6.76. The molecule has 0 saturated carbocycles. The number of rotatable bonds is 6. The number of hydrogen-bond acceptors (Lipinski definition) is 6. The third kappa shape index (κ3) is 3.99. The molecule has 2 aromatic rings. The molecule has 1 aliphatic heterocycles. The number of nitrogens with zero attached hydrogens (tertiary/aromatic N) is 1. The fraction of sp³-hybridized carbons (Fsp3) is 0.227. The molecule has 150 valence electrons. The predicted molar refractivity (Wildman–Crippen MR) is 103 cm³/mol. The second kappa shape index (κ2) is 8.18. The number of aliphatic carboxylic acids is 1. The third-order valence-corrected chi connectivity index (χ3v) is 4.83. The standard InChI is InChI=1S/C22H21NO6/c1-13-6-8-14(9-7-13)20(26)18-19(15-4-3-5-16(12-15)29-2)23(11-10-17(24)25)22(28)21(18)27/h3-9,12,19,26H,10-11H2,1-2H3,(H,24,25)/p-1/t19-/m0/s1. The topological polar surface area (TPSA) is 107 Å². The molecule has 2 aromatic carbocycles. The SMILES string of the molecule is COc1cccc([C@H]2C(=C(O)c3ccc(C)cc3)C(=O)C(=O)N2CCC(=O)[O-])c1. The van der Waals surface area contributed by atoms with Crippen LogP contribution in [0.15, 0.2) is 54.1 Å². The number of likely N-dealkylation sites (tertiary alicyclic amines) is 1. The minimum atomic E-state index is -1.34. The highest BCUT2D eigenvalue weighted by atomic mass is 16.5. The summed E-state index contributed by atoms with van der Waals surface area (Å²) in [6, 6.07) is 12.7. The number of carbonyl (C=O) groups excluding carboxylic acids is 3. The Morgan fingerprint density at radius 3 is 2.48 bits per heavy atom. The van der Waals surface area contributed by atoms with Crippen molar-refractivity contribution in [2.24, 2.45) is 0 Å². The van der Waals surface area contributed by atoms with E-state index >= 15 is 0 Å². The Bertz CT molecular complexity index is 993. The number of carbonyl (C=O) groups is 3. The monoisotopic (exact) mass is 394 g/mol. The van der Waals surface area contributed by atoms with Crippen molar-refractivity contribution in [1.82, 2.24) is 4.90 Å². The number of aliphatic hydroxyl groups excluding tert-OH is 1. The van der Waals surface area contributed by atoms with Crippen molar-refractivity contribution >= 4 is 23.4 Å². The fourth-order valence-corrected chi connectivity index (χ4v) is 3.35. The van der Waals surface area contributed by atoms with Crippen LogP contribution >= 0.6 is 0 Å². The van der Waals surface area contributed by atoms with Crippen molar-refractivity contribution in [3.8, 4) is 5.75 Å². The van der Waals surface area contributed by atoms with Gasteiger partial charge in [0, 0.05) is 24.5 Å². The molecule has 1 fully saturated rings. The summed E-state index contributed by atoms with van der Waals surface area (Å²) in [6.45, 7) is 1.67. The van der Waals surface area contributed by atoms with Crippen LogP contribution in [0.3, 0.4) is 0 Å². The van der Waals surface area contributed by atoms with Gasteiger partial charge in [-0.1, -0.05) is 42.0 Å². The van der Waals surface area contributed by atoms with Crippen LogP contribution < -0.4 is 9.84 Å². The Labute approximate surface area is 167 Å². The Balaban J connectivity index is 2.16. The lowest BCUT2D eigenvalue weighted by molar-refractivity contribution is -0.305. The molecule has 0 unspecified atom stereocenters. The van der Waals surface area contributed by atoms with E-state index in [1.807, 2.05) is 6.92 Å². The lowest BCUT2D eigenvalue weighted by Crippen LogP contribution is -2.34. The van der Waals surface area contributed by atoms with E-state index in [9.17, 15) is 24.6 Å². The maximum absolute atomic E-state index is 12.8. The number of aliphatic hydroxyl groups is 1. The van der Waals surface area contributed by atoms with Gasteiger partial charge in [0.15, 0.2) is 0 Å². The summed E-state index contributed by atoms with van der Waals surface area (Å²) < 4.78 is 5.22. The van der Waals surface area contributed by atoms with Crippen molar-refractivity contribution in [2.75, 3.05) is 13.7 Å². The number of carboxylic acid groups (broad SMARTS) is 1. The minimum absolute atomic E-state index is 0.0922. The van der Waals surface area contributed by atoms with E-state index < -0.39 is 30.1 Å². The van der Waals surface area contributed by atoms with Gasteiger partial charge < -0.3 is 24.6 Å². The van der Waals surface area contributed by atoms with Crippen molar-refractivity contribution in [1.29, 1.82) is 0 Å². The number of hydrogen-bond donors (Lipinski definition) is 1. The second-order valence-electron chi connectivity index (χ2n) is 6.76. The molecule has 1 saturated heterocycles. The summed E-state index contributed by atoms with van der Waals surface area (Å²) in [5.41, 5.74) is 1.79. The summed E-state index contributed by atoms with van der Waals surface area (Å²) in [5, 5.41) is 21.8. The molecule has 7 heteroatoms. The normalized spacial score (nSPS) is 18.1. The lowest BCUT2D eigenvalue weighted by atomic mass is 9.95. The number of methoxy groups -OCH3 is 1. The number of carboxylic acids is 1. The number of ether oxygens (including phenoxy) is 1. The van der Waals surface area contributed by atoms with Crippen molar-refractivity contribution in [3.05, 3.63) is 70.8 Å². The Morgan fingerprint density at radius 1 is 1.17 bits per heavy atom. The molecule has 0 aliphatic carbocycles. The molecule has 0 bridgehead atoms. The van der Waals surface area contributed by atoms with Crippen molar-refractivity contribution in [2.45, 2.75) is 19.4 Å². The molecule has 1 heterocycles. The largest absolute Gasteiger partial charge is 0.550 e. The summed E-state index contributed by atoms with van der Waals surface area (Å²) in [5.74, 6) is -2.88. The first-order valence-corrected chi connectivity index (χ1v) is 9.02. The summed E-state index contributed by atoms with van der Waals surface area (Å²) in [6.07, 6.45) is -0.432. The average Bonchev–Trinajstić information content (AvgIpc) is 2.97. The fourth-order valence-electron chi connectivity index (χ4n) is 3.35. The Morgan fingerprint density at radius 2 is 1.86 bits per heavy atom. The van der Waals surface area contributed by atoms with Gasteiger partial charge in [0.1, 0.15) is 11.5 Å². The van der Waals surface area contributed by atoms with E-state index in [0.29, 0.717) is 16.9 Å². The highest BCUT2D eigenvalue weighted by Gasteiger charge is 2.45. The first kappa shape index (κ1) is 20.1. The summed E-state index contributed by atoms with van der Waals surface area (Å²) in [4.78, 5) is 37.5. The number of amides is 1. The van der Waals surface area contributed by atoms with Gasteiger partial charge >= 0.3 is 0 Å². The zero-order valence-electron chi connectivity index (χ0n) is 16.0. The molecule has 3 rings (SSSR count). The summed E-state index contributed by atoms with van der Waals surface area (Å²) >= 11 is 0. The van der Waals surface area contributed by atoms with Crippen LogP contribution in [0.2, 0.25) is 0 Å². The number of ketones is 1. The van der Waals surface area contributed by atoms with Gasteiger partial charge in [-0.2, -0.15) is 0 Å². The smallest absolute Gasteiger partial charge is 0.295 e. The maximum atomic E-state index is 12.8. The number of benzene rings is 2. The molecule has 1 atom stereocenters. The minimum Gasteiger partial charge on any atom is -0.550 e. The van der Waals surface area contributed by atoms with E-state index in [-0.39, 0.29) is 17.9 Å². The highest BCUT2D eigenvalue weighted by molar-refractivity contribution is 6.46. The molecule has 0 radical (unpaired) electrons. The Hall–Kier alpha value is -3.61. The van der Waals surface area contributed by atoms with Gasteiger partial charge in [0.25, 0.3) is 11.7 Å². The quantitative estimate of drug-likeness (QED) is 0.453. The van der Waals surface area contributed by atoms with Crippen LogP contribution in [0.5, 0.6) is 5.75 Å². The molecular formula is C22H20NO6-. The van der Waals surface area contributed by atoms with Crippen LogP contribution in [0, 0.1) is 6.92 Å². The zero-order chi connectivity index (χ0) is 21.1. The van der Waals surface area contributed by atoms with E-state index in [0.717, 1.165) is 10.5 Å². The molecule has 1 amide bonds. The van der Waals surface area contributed by atoms with Crippen molar-refractivity contribution < 1.29 is 29.3 Å². The molecule has 7 nitrogen and oxygen atoms in total. The van der Waals surface area contributed by atoms with Gasteiger partial charge in [-0.05, 0) is 24.6 Å². The summed E-state index contributed by atoms with van der Waals surface area (Å²) in [7, 11) is 1.48. The maximum Gasteiger partial charge on any atom is 0.295 e. The average molecular weight is 394 g/mol. The Kier molecular flexibility index (Phi) is 5.68. The van der Waals surface area contributed by atoms with Crippen molar-refractivity contribution in [3.63, 3.8) is 0 Å². The third-order valence-electron chi connectivity index (χ3n) is 4.83. The van der Waals surface area contributed by atoms with Gasteiger partial charge in [-0.3, -0.25) is 9.59 Å². The van der Waals surface area contributed by atoms with Crippen LogP contribution in [-0.2, 0) is 14.4 Å². The molecular weight excluding hydrogens is 374 g/mol. The highest BCUT2D eigenvalue weighted by Crippen LogP contribution is 2.40. The first-order valence-electron chi connectivity index (χ1n) is 9.02.